The molecule has 2 aliphatic heterocycles. The van der Waals surface area contributed by atoms with Gasteiger partial charge in [0.25, 0.3) is 5.91 Å². The average Bonchev–Trinajstić information content (AvgIpc) is 3.25. The number of piperidine rings is 1. The number of carbonyl (C=O) groups is 2. The molecule has 0 aliphatic carbocycles. The highest BCUT2D eigenvalue weighted by molar-refractivity contribution is 7.99. The summed E-state index contributed by atoms with van der Waals surface area (Å²) in [6, 6.07) is 14.3. The summed E-state index contributed by atoms with van der Waals surface area (Å²) in [6.45, 7) is 2.03. The second-order valence-corrected chi connectivity index (χ2v) is 8.77. The van der Waals surface area contributed by atoms with Gasteiger partial charge < -0.3 is 15.1 Å². The van der Waals surface area contributed by atoms with E-state index in [1.165, 1.54) is 19.3 Å². The normalized spacial score (nSPS) is 19.3. The van der Waals surface area contributed by atoms with Gasteiger partial charge in [-0.2, -0.15) is 0 Å². The van der Waals surface area contributed by atoms with Gasteiger partial charge >= 0.3 is 0 Å². The number of nitrogens with zero attached hydrogens (tertiary/aromatic N) is 2. The Labute approximate surface area is 180 Å². The van der Waals surface area contributed by atoms with Crippen molar-refractivity contribution in [2.75, 3.05) is 34.9 Å². The summed E-state index contributed by atoms with van der Waals surface area (Å²) in [5.74, 6) is 0.806. The van der Waals surface area contributed by atoms with E-state index in [-0.39, 0.29) is 11.8 Å². The maximum absolute atomic E-state index is 12.9. The molecular weight excluding hydrogens is 406 g/mol. The Hall–Kier alpha value is -2.18. The molecule has 29 heavy (non-hydrogen) atoms. The fourth-order valence-corrected chi connectivity index (χ4v) is 5.26. The van der Waals surface area contributed by atoms with Crippen molar-refractivity contribution in [2.24, 2.45) is 0 Å². The highest BCUT2D eigenvalue weighted by Gasteiger charge is 2.35. The quantitative estimate of drug-likeness (QED) is 0.778. The van der Waals surface area contributed by atoms with Crippen LogP contribution in [0.4, 0.5) is 11.4 Å². The number of anilines is 2. The number of amides is 2. The molecule has 2 heterocycles. The molecule has 0 saturated carbocycles. The van der Waals surface area contributed by atoms with Crippen LogP contribution < -0.4 is 10.2 Å². The molecule has 2 aromatic carbocycles. The molecule has 0 bridgehead atoms. The number of halogens is 1. The molecule has 2 amide bonds. The lowest BCUT2D eigenvalue weighted by Crippen LogP contribution is -2.44. The maximum atomic E-state index is 12.9. The smallest absolute Gasteiger partial charge is 0.255 e. The van der Waals surface area contributed by atoms with Crippen LogP contribution in [0, 0.1) is 0 Å². The molecule has 4 rings (SSSR count). The van der Waals surface area contributed by atoms with Gasteiger partial charge in [0.1, 0.15) is 6.04 Å². The lowest BCUT2D eigenvalue weighted by atomic mass is 10.1. The van der Waals surface area contributed by atoms with Crippen LogP contribution in [0.3, 0.4) is 0 Å². The zero-order chi connectivity index (χ0) is 20.2. The average molecular weight is 430 g/mol. The van der Waals surface area contributed by atoms with Crippen molar-refractivity contribution < 1.29 is 9.59 Å². The predicted molar refractivity (Wildman–Crippen MR) is 120 cm³/mol. The van der Waals surface area contributed by atoms with Crippen molar-refractivity contribution in [1.82, 2.24) is 4.90 Å². The Kier molecular flexibility index (Phi) is 6.31. The lowest BCUT2D eigenvalue weighted by Gasteiger charge is -2.29. The summed E-state index contributed by atoms with van der Waals surface area (Å²) in [4.78, 5) is 29.6. The number of thioether (sulfide) groups is 1. The summed E-state index contributed by atoms with van der Waals surface area (Å²) >= 11 is 8.09. The lowest BCUT2D eigenvalue weighted by molar-refractivity contribution is -0.119. The number of benzene rings is 2. The summed E-state index contributed by atoms with van der Waals surface area (Å²) in [5.41, 5.74) is 2.27. The van der Waals surface area contributed by atoms with Gasteiger partial charge in [-0.3, -0.25) is 9.59 Å². The van der Waals surface area contributed by atoms with E-state index < -0.39 is 6.04 Å². The van der Waals surface area contributed by atoms with Crippen molar-refractivity contribution in [3.05, 3.63) is 59.1 Å². The van der Waals surface area contributed by atoms with Gasteiger partial charge in [-0.15, -0.1) is 11.8 Å². The Balaban J connectivity index is 1.44. The monoisotopic (exact) mass is 429 g/mol. The molecule has 0 radical (unpaired) electrons. The van der Waals surface area contributed by atoms with E-state index in [2.05, 4.69) is 10.2 Å². The van der Waals surface area contributed by atoms with Crippen LogP contribution in [0.2, 0.25) is 5.02 Å². The van der Waals surface area contributed by atoms with Gasteiger partial charge in [0.05, 0.1) is 16.6 Å². The first-order valence-corrected chi connectivity index (χ1v) is 11.5. The van der Waals surface area contributed by atoms with Gasteiger partial charge in [-0.25, -0.2) is 0 Å². The minimum absolute atomic E-state index is 0.116. The second kappa shape index (κ2) is 9.09. The van der Waals surface area contributed by atoms with Crippen molar-refractivity contribution >= 4 is 46.6 Å². The highest BCUT2D eigenvalue weighted by Crippen LogP contribution is 2.31. The molecule has 5 nitrogen and oxygen atoms in total. The van der Waals surface area contributed by atoms with E-state index in [0.717, 1.165) is 18.8 Å². The summed E-state index contributed by atoms with van der Waals surface area (Å²) in [6.07, 6.45) is 3.62. The van der Waals surface area contributed by atoms with Crippen LogP contribution in [-0.2, 0) is 4.79 Å². The molecule has 0 aromatic heterocycles. The van der Waals surface area contributed by atoms with E-state index in [1.54, 1.807) is 34.9 Å². The zero-order valence-corrected chi connectivity index (χ0v) is 17.7. The first-order chi connectivity index (χ1) is 14.1. The molecule has 0 unspecified atom stereocenters. The molecule has 2 saturated heterocycles. The van der Waals surface area contributed by atoms with E-state index in [0.29, 0.717) is 27.9 Å². The fourth-order valence-electron chi connectivity index (χ4n) is 3.81. The summed E-state index contributed by atoms with van der Waals surface area (Å²) in [7, 11) is 0. The van der Waals surface area contributed by atoms with Crippen LogP contribution in [0.15, 0.2) is 48.5 Å². The Morgan fingerprint density at radius 2 is 1.79 bits per heavy atom. The molecule has 1 N–H and O–H groups in total. The van der Waals surface area contributed by atoms with Gasteiger partial charge in [0.2, 0.25) is 5.91 Å². The highest BCUT2D eigenvalue weighted by atomic mass is 35.5. The number of nitrogens with one attached hydrogen (secondary N) is 1. The Morgan fingerprint density at radius 1 is 1.03 bits per heavy atom. The van der Waals surface area contributed by atoms with Crippen LogP contribution >= 0.6 is 23.4 Å². The topological polar surface area (TPSA) is 52.7 Å². The van der Waals surface area contributed by atoms with Gasteiger partial charge in [0.15, 0.2) is 0 Å². The number of rotatable bonds is 4. The largest absolute Gasteiger partial charge is 0.370 e. The van der Waals surface area contributed by atoms with Crippen LogP contribution in [0.1, 0.15) is 29.6 Å². The van der Waals surface area contributed by atoms with Crippen LogP contribution in [-0.4, -0.2) is 47.5 Å². The van der Waals surface area contributed by atoms with Crippen LogP contribution in [0.5, 0.6) is 0 Å². The minimum Gasteiger partial charge on any atom is -0.370 e. The van der Waals surface area contributed by atoms with E-state index in [4.69, 9.17) is 11.6 Å². The number of hydrogen-bond donors (Lipinski definition) is 1. The van der Waals surface area contributed by atoms with Gasteiger partial charge in [-0.05, 0) is 49.6 Å². The van der Waals surface area contributed by atoms with Crippen molar-refractivity contribution in [3.63, 3.8) is 0 Å². The third kappa shape index (κ3) is 4.54. The molecular formula is C22H24ClN3O2S. The molecule has 152 valence electrons. The molecule has 2 fully saturated rings. The fraction of sp³-hybridized carbons (Fsp3) is 0.364. The number of hydrogen-bond acceptors (Lipinski definition) is 4. The molecule has 2 aromatic rings. The number of carbonyl (C=O) groups excluding carboxylic acids is 2. The third-order valence-electron chi connectivity index (χ3n) is 5.38. The van der Waals surface area contributed by atoms with Crippen molar-refractivity contribution in [3.8, 4) is 0 Å². The Bertz CT molecular complexity index is 887. The van der Waals surface area contributed by atoms with Crippen molar-refractivity contribution in [2.45, 2.75) is 25.3 Å². The minimum atomic E-state index is -0.492. The first-order valence-electron chi connectivity index (χ1n) is 9.92. The predicted octanol–water partition coefficient (Wildman–Crippen LogP) is 4.48. The zero-order valence-electron chi connectivity index (χ0n) is 16.1. The third-order valence-corrected chi connectivity index (χ3v) is 6.69. The maximum Gasteiger partial charge on any atom is 0.255 e. The molecule has 2 aliphatic rings. The molecule has 7 heteroatoms. The molecule has 1 atom stereocenters. The first kappa shape index (κ1) is 20.1. The van der Waals surface area contributed by atoms with E-state index in [9.17, 15) is 9.59 Å². The summed E-state index contributed by atoms with van der Waals surface area (Å²) in [5, 5.41) is 3.58. The van der Waals surface area contributed by atoms with E-state index >= 15 is 0 Å². The summed E-state index contributed by atoms with van der Waals surface area (Å²) < 4.78 is 0. The molecule has 0 spiro atoms. The van der Waals surface area contributed by atoms with Gasteiger partial charge in [0, 0.05) is 30.1 Å². The standard InChI is InChI=1S/C22H24ClN3O2S/c23-18-13-17(9-10-19(18)25-11-5-2-6-12-25)24-21(27)20-14-29-15-26(20)22(28)16-7-3-1-4-8-16/h1,3-4,7-10,13,20H,2,5-6,11-12,14-15H2,(H,24,27)/t20-/m0/s1. The Morgan fingerprint density at radius 3 is 2.52 bits per heavy atom. The SMILES string of the molecule is O=C(Nc1ccc(N2CCCCC2)c(Cl)c1)[C@@H]1CSCN1C(=O)c1ccccc1. The van der Waals surface area contributed by atoms with Gasteiger partial charge in [-0.1, -0.05) is 29.8 Å². The van der Waals surface area contributed by atoms with E-state index in [1.807, 2.05) is 30.3 Å². The van der Waals surface area contributed by atoms with Crippen LogP contribution in [0.25, 0.3) is 0 Å². The van der Waals surface area contributed by atoms with Crippen molar-refractivity contribution in [1.29, 1.82) is 0 Å². The second-order valence-electron chi connectivity index (χ2n) is 7.36.